The zero-order valence-corrected chi connectivity index (χ0v) is 11.7. The van der Waals surface area contributed by atoms with E-state index < -0.39 is 0 Å². The molecule has 19 heavy (non-hydrogen) atoms. The Bertz CT molecular complexity index is 532. The van der Waals surface area contributed by atoms with Crippen molar-refractivity contribution in [2.24, 2.45) is 0 Å². The molecule has 0 amide bonds. The molecule has 0 aliphatic rings. The van der Waals surface area contributed by atoms with Gasteiger partial charge in [0.05, 0.1) is 6.20 Å². The molecule has 0 radical (unpaired) electrons. The predicted molar refractivity (Wildman–Crippen MR) is 77.6 cm³/mol. The van der Waals surface area contributed by atoms with E-state index in [-0.39, 0.29) is 0 Å². The van der Waals surface area contributed by atoms with Crippen molar-refractivity contribution in [3.63, 3.8) is 0 Å². The number of hydrogen-bond acceptors (Lipinski definition) is 3. The normalized spacial score (nSPS) is 10.5. The summed E-state index contributed by atoms with van der Waals surface area (Å²) in [6.45, 7) is 7.96. The lowest BCUT2D eigenvalue weighted by Gasteiger charge is -2.12. The topological polar surface area (TPSA) is 34.2 Å². The van der Waals surface area contributed by atoms with E-state index in [9.17, 15) is 0 Å². The number of nitrogens with one attached hydrogen (secondary N) is 1. The van der Waals surface area contributed by atoms with Crippen molar-refractivity contribution < 1.29 is 4.74 Å². The Morgan fingerprint density at radius 2 is 1.89 bits per heavy atom. The minimum Gasteiger partial charge on any atom is -0.455 e. The molecule has 0 fully saturated rings. The van der Waals surface area contributed by atoms with Gasteiger partial charge >= 0.3 is 0 Å². The van der Waals surface area contributed by atoms with Gasteiger partial charge in [0.25, 0.3) is 0 Å². The van der Waals surface area contributed by atoms with Crippen LogP contribution in [0.2, 0.25) is 0 Å². The molecule has 1 aromatic carbocycles. The summed E-state index contributed by atoms with van der Waals surface area (Å²) in [5.41, 5.74) is 3.52. The molecule has 0 spiro atoms. The lowest BCUT2D eigenvalue weighted by molar-refractivity contribution is 0.470. The number of pyridine rings is 1. The highest BCUT2D eigenvalue weighted by Crippen LogP contribution is 2.26. The van der Waals surface area contributed by atoms with Gasteiger partial charge in [-0.1, -0.05) is 13.0 Å². The summed E-state index contributed by atoms with van der Waals surface area (Å²) in [6, 6.07) is 8.20. The predicted octanol–water partition coefficient (Wildman–Crippen LogP) is 3.60. The van der Waals surface area contributed by atoms with Gasteiger partial charge in [-0.15, -0.1) is 0 Å². The van der Waals surface area contributed by atoms with Gasteiger partial charge in [0.1, 0.15) is 11.5 Å². The minimum atomic E-state index is 0.791. The van der Waals surface area contributed by atoms with Crippen LogP contribution in [0, 0.1) is 13.8 Å². The first-order valence-corrected chi connectivity index (χ1v) is 6.59. The summed E-state index contributed by atoms with van der Waals surface area (Å²) in [5, 5.41) is 3.31. The van der Waals surface area contributed by atoms with Crippen molar-refractivity contribution in [1.82, 2.24) is 10.3 Å². The van der Waals surface area contributed by atoms with Gasteiger partial charge in [0.15, 0.2) is 0 Å². The van der Waals surface area contributed by atoms with Crippen LogP contribution in [-0.4, -0.2) is 11.5 Å². The van der Waals surface area contributed by atoms with E-state index in [0.717, 1.165) is 30.2 Å². The van der Waals surface area contributed by atoms with Crippen LogP contribution in [0.3, 0.4) is 0 Å². The van der Waals surface area contributed by atoms with Crippen LogP contribution >= 0.6 is 0 Å². The van der Waals surface area contributed by atoms with E-state index in [2.05, 4.69) is 37.1 Å². The second kappa shape index (κ2) is 6.34. The van der Waals surface area contributed by atoms with Crippen molar-refractivity contribution in [3.05, 3.63) is 53.3 Å². The maximum atomic E-state index is 5.97. The van der Waals surface area contributed by atoms with E-state index in [1.54, 1.807) is 12.4 Å². The van der Waals surface area contributed by atoms with Gasteiger partial charge in [-0.3, -0.25) is 4.98 Å². The quantitative estimate of drug-likeness (QED) is 0.887. The molecule has 0 saturated heterocycles. The number of rotatable bonds is 5. The molecule has 2 aromatic rings. The van der Waals surface area contributed by atoms with Crippen molar-refractivity contribution in [2.45, 2.75) is 27.3 Å². The largest absolute Gasteiger partial charge is 0.455 e. The standard InChI is InChI=1S/C16H20N2O/c1-4-17-10-14-5-6-18-11-16(14)19-15-8-12(2)7-13(3)9-15/h5-9,11,17H,4,10H2,1-3H3. The van der Waals surface area contributed by atoms with Gasteiger partial charge in [-0.05, 0) is 49.7 Å². The average Bonchev–Trinajstić information content (AvgIpc) is 2.36. The van der Waals surface area contributed by atoms with Crippen LogP contribution in [0.1, 0.15) is 23.6 Å². The molecule has 0 aliphatic heterocycles. The van der Waals surface area contributed by atoms with E-state index >= 15 is 0 Å². The SMILES string of the molecule is CCNCc1ccncc1Oc1cc(C)cc(C)c1. The Morgan fingerprint density at radius 3 is 2.58 bits per heavy atom. The fourth-order valence-electron chi connectivity index (χ4n) is 2.03. The fourth-order valence-corrected chi connectivity index (χ4v) is 2.03. The van der Waals surface area contributed by atoms with Crippen molar-refractivity contribution >= 4 is 0 Å². The number of benzene rings is 1. The maximum Gasteiger partial charge on any atom is 0.150 e. The summed E-state index contributed by atoms with van der Waals surface area (Å²) >= 11 is 0. The molecule has 1 N–H and O–H groups in total. The smallest absolute Gasteiger partial charge is 0.150 e. The molecule has 0 aliphatic carbocycles. The lowest BCUT2D eigenvalue weighted by atomic mass is 10.1. The molecule has 0 unspecified atom stereocenters. The Hall–Kier alpha value is -1.87. The van der Waals surface area contributed by atoms with Gasteiger partial charge in [0, 0.05) is 18.3 Å². The van der Waals surface area contributed by atoms with Crippen LogP contribution in [0.25, 0.3) is 0 Å². The lowest BCUT2D eigenvalue weighted by Crippen LogP contribution is -2.12. The Kier molecular flexibility index (Phi) is 4.53. The molecular weight excluding hydrogens is 236 g/mol. The molecule has 3 nitrogen and oxygen atoms in total. The molecule has 1 aromatic heterocycles. The first-order valence-electron chi connectivity index (χ1n) is 6.59. The maximum absolute atomic E-state index is 5.97. The van der Waals surface area contributed by atoms with Crippen LogP contribution in [0.5, 0.6) is 11.5 Å². The minimum absolute atomic E-state index is 0.791. The molecule has 3 heteroatoms. The van der Waals surface area contributed by atoms with Gasteiger partial charge in [0.2, 0.25) is 0 Å². The number of ether oxygens (including phenoxy) is 1. The zero-order valence-electron chi connectivity index (χ0n) is 11.7. The molecule has 1 heterocycles. The Labute approximate surface area is 114 Å². The van der Waals surface area contributed by atoms with E-state index in [1.807, 2.05) is 18.2 Å². The monoisotopic (exact) mass is 256 g/mol. The first kappa shape index (κ1) is 13.6. The van der Waals surface area contributed by atoms with Crippen LogP contribution in [-0.2, 0) is 6.54 Å². The zero-order chi connectivity index (χ0) is 13.7. The molecule has 0 saturated carbocycles. The highest BCUT2D eigenvalue weighted by atomic mass is 16.5. The molecule has 2 rings (SSSR count). The van der Waals surface area contributed by atoms with Gasteiger partial charge < -0.3 is 10.1 Å². The Balaban J connectivity index is 2.22. The first-order chi connectivity index (χ1) is 9.19. The van der Waals surface area contributed by atoms with Gasteiger partial charge in [-0.25, -0.2) is 0 Å². The second-order valence-electron chi connectivity index (χ2n) is 4.69. The third kappa shape index (κ3) is 3.80. The Morgan fingerprint density at radius 1 is 1.16 bits per heavy atom. The number of nitrogens with zero attached hydrogens (tertiary/aromatic N) is 1. The van der Waals surface area contributed by atoms with Crippen LogP contribution in [0.4, 0.5) is 0 Å². The van der Waals surface area contributed by atoms with E-state index in [4.69, 9.17) is 4.74 Å². The fraction of sp³-hybridized carbons (Fsp3) is 0.312. The van der Waals surface area contributed by atoms with Gasteiger partial charge in [-0.2, -0.15) is 0 Å². The molecular formula is C16H20N2O. The van der Waals surface area contributed by atoms with Crippen LogP contribution < -0.4 is 10.1 Å². The third-order valence-corrected chi connectivity index (χ3v) is 2.86. The van der Waals surface area contributed by atoms with Crippen molar-refractivity contribution in [3.8, 4) is 11.5 Å². The summed E-state index contributed by atoms with van der Waals surface area (Å²) in [6.07, 6.45) is 3.56. The second-order valence-corrected chi connectivity index (χ2v) is 4.69. The average molecular weight is 256 g/mol. The number of aromatic nitrogens is 1. The summed E-state index contributed by atoms with van der Waals surface area (Å²) in [7, 11) is 0. The van der Waals surface area contributed by atoms with E-state index in [0.29, 0.717) is 0 Å². The highest BCUT2D eigenvalue weighted by molar-refractivity contribution is 5.39. The summed E-state index contributed by atoms with van der Waals surface area (Å²) in [5.74, 6) is 1.68. The summed E-state index contributed by atoms with van der Waals surface area (Å²) < 4.78 is 5.97. The third-order valence-electron chi connectivity index (χ3n) is 2.86. The highest BCUT2D eigenvalue weighted by Gasteiger charge is 2.05. The van der Waals surface area contributed by atoms with Crippen molar-refractivity contribution in [1.29, 1.82) is 0 Å². The molecule has 0 bridgehead atoms. The number of hydrogen-bond donors (Lipinski definition) is 1. The van der Waals surface area contributed by atoms with Crippen LogP contribution in [0.15, 0.2) is 36.7 Å². The van der Waals surface area contributed by atoms with E-state index in [1.165, 1.54) is 11.1 Å². The molecule has 100 valence electrons. The van der Waals surface area contributed by atoms with Crippen molar-refractivity contribution in [2.75, 3.05) is 6.54 Å². The number of aryl methyl sites for hydroxylation is 2. The molecule has 0 atom stereocenters. The summed E-state index contributed by atoms with van der Waals surface area (Å²) in [4.78, 5) is 4.14.